The molecule has 3 atom stereocenters. The number of nitrogens with two attached hydrogens (primary N) is 1. The van der Waals surface area contributed by atoms with Crippen molar-refractivity contribution in [1.29, 1.82) is 0 Å². The van der Waals surface area contributed by atoms with E-state index in [0.29, 0.717) is 0 Å². The summed E-state index contributed by atoms with van der Waals surface area (Å²) >= 11 is 0. The molecule has 100 valence electrons. The molecule has 0 bridgehead atoms. The van der Waals surface area contributed by atoms with E-state index in [4.69, 9.17) is 10.8 Å². The Morgan fingerprint density at radius 1 is 1.35 bits per heavy atom. The molecule has 0 fully saturated rings. The largest absolute Gasteiger partial charge is 0.480 e. The van der Waals surface area contributed by atoms with E-state index in [1.807, 2.05) is 20.8 Å². The van der Waals surface area contributed by atoms with Crippen molar-refractivity contribution in [3.05, 3.63) is 0 Å². The third kappa shape index (κ3) is 5.65. The Balaban J connectivity index is 4.40. The number of nitrogens with one attached hydrogen (secondary N) is 1. The van der Waals surface area contributed by atoms with E-state index in [2.05, 4.69) is 5.32 Å². The highest BCUT2D eigenvalue weighted by molar-refractivity contribution is 5.84. The molecule has 6 nitrogen and oxygen atoms in total. The summed E-state index contributed by atoms with van der Waals surface area (Å²) in [6.45, 7) is 7.00. The molecule has 17 heavy (non-hydrogen) atoms. The van der Waals surface area contributed by atoms with Crippen LogP contribution in [0.15, 0.2) is 0 Å². The van der Waals surface area contributed by atoms with Crippen LogP contribution in [0.25, 0.3) is 0 Å². The Bertz CT molecular complexity index is 284. The summed E-state index contributed by atoms with van der Waals surface area (Å²) < 4.78 is 0. The van der Waals surface area contributed by atoms with Gasteiger partial charge in [0, 0.05) is 12.5 Å². The van der Waals surface area contributed by atoms with Crippen molar-refractivity contribution in [3.63, 3.8) is 0 Å². The smallest absolute Gasteiger partial charge is 0.328 e. The van der Waals surface area contributed by atoms with Gasteiger partial charge < -0.3 is 21.3 Å². The van der Waals surface area contributed by atoms with Crippen LogP contribution in [-0.4, -0.2) is 40.3 Å². The van der Waals surface area contributed by atoms with Crippen molar-refractivity contribution in [2.45, 2.75) is 52.3 Å². The number of aliphatic hydroxyl groups is 1. The van der Waals surface area contributed by atoms with Gasteiger partial charge in [0.05, 0.1) is 6.10 Å². The van der Waals surface area contributed by atoms with Crippen molar-refractivity contribution in [1.82, 2.24) is 5.32 Å². The Labute approximate surface area is 101 Å². The van der Waals surface area contributed by atoms with E-state index in [1.165, 1.54) is 6.92 Å². The minimum atomic E-state index is -1.30. The number of hydrogen-bond donors (Lipinski definition) is 4. The predicted molar refractivity (Wildman–Crippen MR) is 63.3 cm³/mol. The molecular formula is C11H22N2O4. The molecular weight excluding hydrogens is 224 g/mol. The van der Waals surface area contributed by atoms with E-state index in [-0.39, 0.29) is 17.9 Å². The van der Waals surface area contributed by atoms with Crippen molar-refractivity contribution >= 4 is 11.9 Å². The zero-order valence-corrected chi connectivity index (χ0v) is 10.7. The first-order chi connectivity index (χ1) is 7.55. The Morgan fingerprint density at radius 3 is 2.12 bits per heavy atom. The number of aliphatic hydroxyl groups excluding tert-OH is 1. The lowest BCUT2D eigenvalue weighted by Crippen LogP contribution is -2.50. The van der Waals surface area contributed by atoms with E-state index >= 15 is 0 Å². The van der Waals surface area contributed by atoms with Crippen molar-refractivity contribution in [2.24, 2.45) is 11.1 Å². The number of aliphatic carboxylic acids is 1. The molecule has 0 aromatic carbocycles. The number of carboxylic acids is 1. The van der Waals surface area contributed by atoms with Crippen LogP contribution in [0.5, 0.6) is 0 Å². The molecule has 0 aromatic rings. The molecule has 0 saturated heterocycles. The van der Waals surface area contributed by atoms with E-state index in [0.717, 1.165) is 0 Å². The van der Waals surface area contributed by atoms with Crippen LogP contribution in [-0.2, 0) is 9.59 Å². The van der Waals surface area contributed by atoms with Gasteiger partial charge in [-0.25, -0.2) is 4.79 Å². The van der Waals surface area contributed by atoms with Crippen LogP contribution in [0.1, 0.15) is 34.1 Å². The molecule has 0 aliphatic heterocycles. The molecule has 0 rings (SSSR count). The molecule has 0 heterocycles. The fraction of sp³-hybridized carbons (Fsp3) is 0.818. The van der Waals surface area contributed by atoms with Crippen LogP contribution >= 0.6 is 0 Å². The minimum absolute atomic E-state index is 0.0278. The molecule has 1 amide bonds. The molecule has 0 radical (unpaired) electrons. The highest BCUT2D eigenvalue weighted by Crippen LogP contribution is 2.19. The first-order valence-corrected chi connectivity index (χ1v) is 5.51. The Kier molecular flexibility index (Phi) is 5.57. The maximum atomic E-state index is 11.6. The molecule has 5 N–H and O–H groups in total. The van der Waals surface area contributed by atoms with Gasteiger partial charge in [-0.05, 0) is 12.3 Å². The number of carboxylic acid groups (broad SMARTS) is 1. The maximum absolute atomic E-state index is 11.6. The maximum Gasteiger partial charge on any atom is 0.328 e. The Hall–Kier alpha value is -1.14. The molecule has 0 spiro atoms. The predicted octanol–water partition coefficient (Wildman–Crippen LogP) is -0.300. The summed E-state index contributed by atoms with van der Waals surface area (Å²) in [5.41, 5.74) is 5.57. The number of rotatable bonds is 5. The number of carbonyl (C=O) groups excluding carboxylic acids is 1. The number of carbonyl (C=O) groups is 2. The molecule has 0 aliphatic carbocycles. The average molecular weight is 246 g/mol. The normalized spacial score (nSPS) is 17.1. The van der Waals surface area contributed by atoms with Crippen LogP contribution in [0.2, 0.25) is 0 Å². The van der Waals surface area contributed by atoms with Crippen LogP contribution < -0.4 is 11.1 Å². The van der Waals surface area contributed by atoms with Gasteiger partial charge >= 0.3 is 5.97 Å². The summed E-state index contributed by atoms with van der Waals surface area (Å²) in [6.07, 6.45) is -1.12. The molecule has 6 heteroatoms. The second-order valence-electron chi connectivity index (χ2n) is 5.30. The van der Waals surface area contributed by atoms with E-state index < -0.39 is 24.0 Å². The number of amides is 1. The third-order valence-electron chi connectivity index (χ3n) is 2.58. The lowest BCUT2D eigenvalue weighted by molar-refractivity contribution is -0.144. The van der Waals surface area contributed by atoms with Gasteiger partial charge in [0.1, 0.15) is 0 Å². The molecule has 0 saturated carbocycles. The first-order valence-electron chi connectivity index (χ1n) is 5.51. The SMILES string of the molecule is C[C@@H](O)[C@H](NC(=O)CC(N)C(C)(C)C)C(=O)O. The second-order valence-corrected chi connectivity index (χ2v) is 5.30. The zero-order valence-electron chi connectivity index (χ0n) is 10.7. The fourth-order valence-corrected chi connectivity index (χ4v) is 1.13. The van der Waals surface area contributed by atoms with Crippen molar-refractivity contribution in [2.75, 3.05) is 0 Å². The molecule has 1 unspecified atom stereocenters. The van der Waals surface area contributed by atoms with Crippen molar-refractivity contribution < 1.29 is 19.8 Å². The standard InChI is InChI=1S/C11H22N2O4/c1-6(14)9(10(16)17)13-8(15)5-7(12)11(2,3)4/h6-7,9,14H,5,12H2,1-4H3,(H,13,15)(H,16,17)/t6-,7?,9+/m1/s1. The minimum Gasteiger partial charge on any atom is -0.480 e. The van der Waals surface area contributed by atoms with Crippen LogP contribution in [0.3, 0.4) is 0 Å². The summed E-state index contributed by atoms with van der Waals surface area (Å²) in [5, 5.41) is 20.2. The monoisotopic (exact) mass is 246 g/mol. The van der Waals surface area contributed by atoms with Gasteiger partial charge in [-0.3, -0.25) is 4.79 Å². The lowest BCUT2D eigenvalue weighted by atomic mass is 9.85. The van der Waals surface area contributed by atoms with Gasteiger partial charge in [0.2, 0.25) is 5.91 Å². The van der Waals surface area contributed by atoms with Gasteiger partial charge in [0.25, 0.3) is 0 Å². The number of hydrogen-bond acceptors (Lipinski definition) is 4. The van der Waals surface area contributed by atoms with Crippen molar-refractivity contribution in [3.8, 4) is 0 Å². The quantitative estimate of drug-likeness (QED) is 0.532. The zero-order chi connectivity index (χ0) is 13.8. The molecule has 0 aromatic heterocycles. The fourth-order valence-electron chi connectivity index (χ4n) is 1.13. The summed E-state index contributed by atoms with van der Waals surface area (Å²) in [5.74, 6) is -1.74. The lowest BCUT2D eigenvalue weighted by Gasteiger charge is -2.27. The summed E-state index contributed by atoms with van der Waals surface area (Å²) in [6, 6.07) is -1.67. The topological polar surface area (TPSA) is 113 Å². The molecule has 0 aliphatic rings. The summed E-state index contributed by atoms with van der Waals surface area (Å²) in [7, 11) is 0. The Morgan fingerprint density at radius 2 is 1.82 bits per heavy atom. The highest BCUT2D eigenvalue weighted by Gasteiger charge is 2.28. The van der Waals surface area contributed by atoms with Gasteiger partial charge in [-0.2, -0.15) is 0 Å². The highest BCUT2D eigenvalue weighted by atomic mass is 16.4. The average Bonchev–Trinajstić information content (AvgIpc) is 2.11. The second kappa shape index (κ2) is 5.97. The van der Waals surface area contributed by atoms with Crippen LogP contribution in [0.4, 0.5) is 0 Å². The van der Waals surface area contributed by atoms with E-state index in [9.17, 15) is 14.7 Å². The van der Waals surface area contributed by atoms with E-state index in [1.54, 1.807) is 0 Å². The summed E-state index contributed by atoms with van der Waals surface area (Å²) in [4.78, 5) is 22.3. The van der Waals surface area contributed by atoms with Gasteiger partial charge in [-0.1, -0.05) is 20.8 Å². The first kappa shape index (κ1) is 15.9. The third-order valence-corrected chi connectivity index (χ3v) is 2.58. The van der Waals surface area contributed by atoms with Gasteiger partial charge in [0.15, 0.2) is 6.04 Å². The van der Waals surface area contributed by atoms with Gasteiger partial charge in [-0.15, -0.1) is 0 Å². The van der Waals surface area contributed by atoms with Crippen LogP contribution in [0, 0.1) is 5.41 Å².